The second-order valence-electron chi connectivity index (χ2n) is 3.77. The largest absolute Gasteiger partial charge is 0.299 e. The average molecular weight is 238 g/mol. The smallest absolute Gasteiger partial charge is 0.142 e. The quantitative estimate of drug-likeness (QED) is 0.342. The Morgan fingerprint density at radius 3 is 1.76 bits per heavy atom. The van der Waals surface area contributed by atoms with Gasteiger partial charge in [-0.25, -0.2) is 0 Å². The fourth-order valence-corrected chi connectivity index (χ4v) is 1.16. The van der Waals surface area contributed by atoms with E-state index < -0.39 is 0 Å². The lowest BCUT2D eigenvalue weighted by molar-refractivity contribution is -0.104. The highest BCUT2D eigenvalue weighted by molar-refractivity contribution is 5.64. The van der Waals surface area contributed by atoms with Gasteiger partial charge in [0.1, 0.15) is 12.6 Å². The monoisotopic (exact) mass is 238 g/mol. The number of hydrogen-bond donors (Lipinski definition) is 0. The minimum atomic E-state index is 0.801. The highest BCUT2D eigenvalue weighted by Crippen LogP contribution is 2.02. The number of rotatable bonds is 9. The Labute approximate surface area is 106 Å². The molecule has 0 aromatic heterocycles. The van der Waals surface area contributed by atoms with Crippen molar-refractivity contribution >= 4 is 12.6 Å². The molecule has 2 heteroatoms. The summed E-state index contributed by atoms with van der Waals surface area (Å²) in [7, 11) is 0. The molecule has 0 bridgehead atoms. The van der Waals surface area contributed by atoms with Crippen molar-refractivity contribution in [2.75, 3.05) is 0 Å². The number of carbonyl (C=O) groups excluding carboxylic acids is 2. The normalized spacial score (nSPS) is 10.2. The van der Waals surface area contributed by atoms with Crippen LogP contribution < -0.4 is 0 Å². The van der Waals surface area contributed by atoms with E-state index >= 15 is 0 Å². The summed E-state index contributed by atoms with van der Waals surface area (Å²) < 4.78 is 0. The first kappa shape index (κ1) is 18.2. The first-order valence-electron chi connectivity index (χ1n) is 6.54. The molecule has 0 aromatic rings. The predicted octanol–water partition coefficient (Wildman–Crippen LogP) is 4.25. The van der Waals surface area contributed by atoms with Crippen LogP contribution in [-0.2, 0) is 9.59 Å². The van der Waals surface area contributed by atoms with Gasteiger partial charge in [-0.1, -0.05) is 51.7 Å². The lowest BCUT2D eigenvalue weighted by Gasteiger charge is -1.92. The van der Waals surface area contributed by atoms with Crippen LogP contribution in [0.15, 0.2) is 24.3 Å². The molecule has 0 aromatic carbocycles. The summed E-state index contributed by atoms with van der Waals surface area (Å²) in [5, 5.41) is 0. The number of unbranched alkanes of at least 4 members (excludes halogenated alkanes) is 5. The molecule has 17 heavy (non-hydrogen) atoms. The fourth-order valence-electron chi connectivity index (χ4n) is 1.16. The van der Waals surface area contributed by atoms with E-state index in [1.54, 1.807) is 6.08 Å². The van der Waals surface area contributed by atoms with E-state index in [9.17, 15) is 9.59 Å². The molecule has 0 aliphatic carbocycles. The lowest BCUT2D eigenvalue weighted by atomic mass is 10.1. The molecular weight excluding hydrogens is 212 g/mol. The maximum Gasteiger partial charge on any atom is 0.142 e. The van der Waals surface area contributed by atoms with Crippen LogP contribution in [0, 0.1) is 0 Å². The van der Waals surface area contributed by atoms with E-state index in [0.29, 0.717) is 0 Å². The Balaban J connectivity index is 0. The zero-order valence-electron chi connectivity index (χ0n) is 11.2. The van der Waals surface area contributed by atoms with Crippen molar-refractivity contribution < 1.29 is 9.59 Å². The minimum Gasteiger partial charge on any atom is -0.299 e. The van der Waals surface area contributed by atoms with Crippen LogP contribution in [0.1, 0.15) is 58.8 Å². The molecule has 0 aliphatic heterocycles. The lowest BCUT2D eigenvalue weighted by Crippen LogP contribution is -1.73. The third-order valence-corrected chi connectivity index (χ3v) is 2.11. The molecule has 0 aliphatic rings. The van der Waals surface area contributed by atoms with Gasteiger partial charge in [-0.05, 0) is 31.4 Å². The van der Waals surface area contributed by atoms with Crippen LogP contribution in [0.5, 0.6) is 0 Å². The molecule has 98 valence electrons. The summed E-state index contributed by atoms with van der Waals surface area (Å²) in [5.41, 5.74) is 0. The van der Waals surface area contributed by atoms with Gasteiger partial charge >= 0.3 is 0 Å². The van der Waals surface area contributed by atoms with Gasteiger partial charge in [-0.3, -0.25) is 9.59 Å². The van der Waals surface area contributed by atoms with E-state index in [1.807, 2.05) is 12.2 Å². The summed E-state index contributed by atoms with van der Waals surface area (Å²) in [4.78, 5) is 19.4. The molecule has 0 saturated heterocycles. The number of hydrogen-bond acceptors (Lipinski definition) is 2. The van der Waals surface area contributed by atoms with Gasteiger partial charge in [0.2, 0.25) is 0 Å². The summed E-state index contributed by atoms with van der Waals surface area (Å²) >= 11 is 0. The molecular formula is C15H26O2. The van der Waals surface area contributed by atoms with Crippen LogP contribution in [0.3, 0.4) is 0 Å². The summed E-state index contributed by atoms with van der Waals surface area (Å²) in [6.45, 7) is 4.27. The van der Waals surface area contributed by atoms with Crippen LogP contribution in [0.4, 0.5) is 0 Å². The molecule has 0 heterocycles. The molecule has 0 radical (unpaired) electrons. The molecule has 0 unspecified atom stereocenters. The SMILES string of the molecule is CCCC=CC=O.CCCCCCC=CC=O. The van der Waals surface area contributed by atoms with Gasteiger partial charge in [-0.2, -0.15) is 0 Å². The summed E-state index contributed by atoms with van der Waals surface area (Å²) in [5.74, 6) is 0. The van der Waals surface area contributed by atoms with Gasteiger partial charge in [0.15, 0.2) is 0 Å². The molecule has 0 N–H and O–H groups in total. The topological polar surface area (TPSA) is 34.1 Å². The standard InChI is InChI=1S/C9H16O.C6H10O/c1-2-3-4-5-6-7-8-9-10;1-2-3-4-5-6-7/h7-9H,2-6H2,1H3;4-6H,2-3H2,1H3. The van der Waals surface area contributed by atoms with E-state index in [-0.39, 0.29) is 0 Å². The van der Waals surface area contributed by atoms with E-state index in [2.05, 4.69) is 13.8 Å². The van der Waals surface area contributed by atoms with Gasteiger partial charge in [0.25, 0.3) is 0 Å². The second-order valence-corrected chi connectivity index (χ2v) is 3.77. The van der Waals surface area contributed by atoms with Crippen molar-refractivity contribution in [3.63, 3.8) is 0 Å². The Bertz CT molecular complexity index is 205. The Hall–Kier alpha value is -1.18. The van der Waals surface area contributed by atoms with Crippen LogP contribution in [0.25, 0.3) is 0 Å². The van der Waals surface area contributed by atoms with Crippen molar-refractivity contribution in [3.05, 3.63) is 24.3 Å². The molecule has 0 saturated carbocycles. The highest BCUT2D eigenvalue weighted by atomic mass is 16.1. The Kier molecular flexibility index (Phi) is 21.7. The fraction of sp³-hybridized carbons (Fsp3) is 0.600. The minimum absolute atomic E-state index is 0.801. The third kappa shape index (κ3) is 25.3. The average Bonchev–Trinajstić information content (AvgIpc) is 2.35. The maximum absolute atomic E-state index is 9.81. The molecule has 0 atom stereocenters. The first-order chi connectivity index (χ1) is 8.33. The summed E-state index contributed by atoms with van der Waals surface area (Å²) in [6, 6.07) is 0. The molecule has 0 rings (SSSR count). The van der Waals surface area contributed by atoms with Crippen LogP contribution >= 0.6 is 0 Å². The van der Waals surface area contributed by atoms with Crippen LogP contribution in [0.2, 0.25) is 0 Å². The molecule has 0 amide bonds. The zero-order chi connectivity index (χ0) is 13.2. The van der Waals surface area contributed by atoms with E-state index in [4.69, 9.17) is 0 Å². The number of carbonyl (C=O) groups is 2. The zero-order valence-corrected chi connectivity index (χ0v) is 11.2. The van der Waals surface area contributed by atoms with Gasteiger partial charge < -0.3 is 0 Å². The van der Waals surface area contributed by atoms with Crippen molar-refractivity contribution in [2.24, 2.45) is 0 Å². The maximum atomic E-state index is 9.81. The van der Waals surface area contributed by atoms with Gasteiger partial charge in [0, 0.05) is 0 Å². The molecule has 0 fully saturated rings. The van der Waals surface area contributed by atoms with Crippen molar-refractivity contribution in [1.29, 1.82) is 0 Å². The predicted molar refractivity (Wildman–Crippen MR) is 74.1 cm³/mol. The van der Waals surface area contributed by atoms with E-state index in [0.717, 1.165) is 31.8 Å². The van der Waals surface area contributed by atoms with E-state index in [1.165, 1.54) is 31.8 Å². The second kappa shape index (κ2) is 20.3. The Morgan fingerprint density at radius 2 is 1.29 bits per heavy atom. The number of aldehydes is 2. The van der Waals surface area contributed by atoms with Crippen molar-refractivity contribution in [1.82, 2.24) is 0 Å². The first-order valence-corrected chi connectivity index (χ1v) is 6.54. The third-order valence-electron chi connectivity index (χ3n) is 2.11. The van der Waals surface area contributed by atoms with Gasteiger partial charge in [-0.15, -0.1) is 0 Å². The van der Waals surface area contributed by atoms with Crippen LogP contribution in [-0.4, -0.2) is 12.6 Å². The van der Waals surface area contributed by atoms with Crippen molar-refractivity contribution in [2.45, 2.75) is 58.8 Å². The molecule has 0 spiro atoms. The summed E-state index contributed by atoms with van der Waals surface area (Å²) in [6.07, 6.45) is 16.8. The van der Waals surface area contributed by atoms with Crippen molar-refractivity contribution in [3.8, 4) is 0 Å². The Morgan fingerprint density at radius 1 is 0.706 bits per heavy atom. The number of allylic oxidation sites excluding steroid dienone is 4. The molecule has 2 nitrogen and oxygen atoms in total. The van der Waals surface area contributed by atoms with Gasteiger partial charge in [0.05, 0.1) is 0 Å². The highest BCUT2D eigenvalue weighted by Gasteiger charge is 1.82.